The van der Waals surface area contributed by atoms with Crippen molar-refractivity contribution in [3.63, 3.8) is 0 Å². The molecule has 0 aromatic heterocycles. The Kier molecular flexibility index (Phi) is 9.04. The molecule has 2 aliphatic heterocycles. The number of halogens is 2. The van der Waals surface area contributed by atoms with Gasteiger partial charge in [-0.2, -0.15) is 13.8 Å². The van der Waals surface area contributed by atoms with Gasteiger partial charge in [0.05, 0.1) is 6.61 Å². The van der Waals surface area contributed by atoms with Gasteiger partial charge in [-0.3, -0.25) is 9.59 Å². The number of carbonyl (C=O) groups is 2. The highest BCUT2D eigenvalue weighted by atomic mass is 19.3. The summed E-state index contributed by atoms with van der Waals surface area (Å²) in [7, 11) is 0. The standard InChI is InChI=1S/C25H37F2N5O3/c1-17-15-20(7-8-21(17)22(33)32-11-3-6-19(32)16-28)35-14-4-5-18-9-12-31(13-10-18)24(29)30-23(34)25(2,26)27/h7-8,15,18-19H,3-6,9-14,16,28H2,1-2H3,(H2,29,30,34)/t19-/m0/s1. The Morgan fingerprint density at radius 1 is 1.20 bits per heavy atom. The highest BCUT2D eigenvalue weighted by molar-refractivity contribution is 5.96. The van der Waals surface area contributed by atoms with Gasteiger partial charge in [0.25, 0.3) is 5.91 Å². The number of guanidine groups is 1. The molecule has 0 aliphatic carbocycles. The molecule has 2 heterocycles. The second-order valence-electron chi connectivity index (χ2n) is 9.59. The molecule has 1 aromatic carbocycles. The molecular formula is C25H37F2N5O3. The Balaban J connectivity index is 1.40. The van der Waals surface area contributed by atoms with Gasteiger partial charge < -0.3 is 26.0 Å². The van der Waals surface area contributed by atoms with Crippen LogP contribution in [0.1, 0.15) is 61.4 Å². The monoisotopic (exact) mass is 493 g/mol. The Morgan fingerprint density at radius 3 is 2.54 bits per heavy atom. The largest absolute Gasteiger partial charge is 0.494 e. The molecule has 1 atom stereocenters. The Morgan fingerprint density at radius 2 is 1.91 bits per heavy atom. The van der Waals surface area contributed by atoms with Gasteiger partial charge in [0.1, 0.15) is 5.75 Å². The molecule has 0 radical (unpaired) electrons. The number of hydrogen-bond donors (Lipinski definition) is 2. The summed E-state index contributed by atoms with van der Waals surface area (Å²) < 4.78 is 31.9. The van der Waals surface area contributed by atoms with Crippen LogP contribution < -0.4 is 16.2 Å². The first-order valence-corrected chi connectivity index (χ1v) is 12.4. The third kappa shape index (κ3) is 7.13. The molecule has 0 spiro atoms. The lowest BCUT2D eigenvalue weighted by Gasteiger charge is -2.32. The van der Waals surface area contributed by atoms with Crippen molar-refractivity contribution in [1.82, 2.24) is 9.80 Å². The van der Waals surface area contributed by atoms with Crippen LogP contribution in [0.2, 0.25) is 0 Å². The van der Waals surface area contributed by atoms with Crippen molar-refractivity contribution < 1.29 is 23.1 Å². The minimum absolute atomic E-state index is 0.0341. The summed E-state index contributed by atoms with van der Waals surface area (Å²) in [6, 6.07) is 5.70. The van der Waals surface area contributed by atoms with E-state index < -0.39 is 11.8 Å². The van der Waals surface area contributed by atoms with Crippen molar-refractivity contribution in [1.29, 1.82) is 0 Å². The molecule has 2 fully saturated rings. The first kappa shape index (κ1) is 26.8. The van der Waals surface area contributed by atoms with Crippen molar-refractivity contribution in [2.24, 2.45) is 22.4 Å². The summed E-state index contributed by atoms with van der Waals surface area (Å²) in [5.41, 5.74) is 13.1. The zero-order valence-electron chi connectivity index (χ0n) is 20.6. The molecule has 194 valence electrons. The van der Waals surface area contributed by atoms with Crippen LogP contribution in [-0.4, -0.2) is 72.3 Å². The van der Waals surface area contributed by atoms with E-state index in [1.165, 1.54) is 0 Å². The molecule has 2 amide bonds. The third-order valence-electron chi connectivity index (χ3n) is 6.89. The molecule has 0 saturated carbocycles. The molecule has 8 nitrogen and oxygen atoms in total. The van der Waals surface area contributed by atoms with Gasteiger partial charge in [0, 0.05) is 44.7 Å². The smallest absolute Gasteiger partial charge is 0.324 e. The first-order chi connectivity index (χ1) is 16.6. The summed E-state index contributed by atoms with van der Waals surface area (Å²) in [6.45, 7) is 5.42. The number of nitrogens with zero attached hydrogens (tertiary/aromatic N) is 3. The van der Waals surface area contributed by atoms with E-state index in [2.05, 4.69) is 4.99 Å². The Labute approximate surface area is 205 Å². The molecule has 35 heavy (non-hydrogen) atoms. The van der Waals surface area contributed by atoms with Gasteiger partial charge in [-0.25, -0.2) is 0 Å². The van der Waals surface area contributed by atoms with E-state index in [1.807, 2.05) is 30.0 Å². The van der Waals surface area contributed by atoms with Crippen LogP contribution >= 0.6 is 0 Å². The number of rotatable bonds is 8. The topological polar surface area (TPSA) is 114 Å². The van der Waals surface area contributed by atoms with Gasteiger partial charge in [0.2, 0.25) is 0 Å². The number of carbonyl (C=O) groups excluding carboxylic acids is 2. The number of aryl methyl sites for hydroxylation is 1. The predicted octanol–water partition coefficient (Wildman–Crippen LogP) is 2.93. The molecule has 0 bridgehead atoms. The summed E-state index contributed by atoms with van der Waals surface area (Å²) in [5.74, 6) is -3.92. The van der Waals surface area contributed by atoms with Crippen LogP contribution in [-0.2, 0) is 4.79 Å². The molecule has 2 saturated heterocycles. The normalized spacial score (nSPS) is 19.8. The number of likely N-dealkylation sites (tertiary alicyclic amines) is 2. The van der Waals surface area contributed by atoms with Crippen LogP contribution in [0.5, 0.6) is 5.75 Å². The number of ether oxygens (including phenoxy) is 1. The molecule has 3 rings (SSSR count). The van der Waals surface area contributed by atoms with Crippen molar-refractivity contribution in [2.45, 2.75) is 64.3 Å². The quantitative estimate of drug-likeness (QED) is 0.327. The number of amides is 2. The second kappa shape index (κ2) is 11.8. The fraction of sp³-hybridized carbons (Fsp3) is 0.640. The van der Waals surface area contributed by atoms with Crippen LogP contribution in [0.15, 0.2) is 23.2 Å². The second-order valence-corrected chi connectivity index (χ2v) is 9.59. The van der Waals surface area contributed by atoms with E-state index in [9.17, 15) is 18.4 Å². The molecule has 1 aromatic rings. The lowest BCUT2D eigenvalue weighted by molar-refractivity contribution is -0.139. The number of hydrogen-bond acceptors (Lipinski definition) is 4. The first-order valence-electron chi connectivity index (χ1n) is 12.4. The average molecular weight is 494 g/mol. The third-order valence-corrected chi connectivity index (χ3v) is 6.89. The minimum Gasteiger partial charge on any atom is -0.494 e. The average Bonchev–Trinajstić information content (AvgIpc) is 3.30. The van der Waals surface area contributed by atoms with Crippen LogP contribution in [0.3, 0.4) is 0 Å². The van der Waals surface area contributed by atoms with Crippen molar-refractivity contribution in [2.75, 3.05) is 32.8 Å². The molecular weight excluding hydrogens is 456 g/mol. The molecule has 4 N–H and O–H groups in total. The lowest BCUT2D eigenvalue weighted by Crippen LogP contribution is -2.44. The molecule has 2 aliphatic rings. The van der Waals surface area contributed by atoms with Gasteiger partial charge in [-0.1, -0.05) is 0 Å². The number of piperidine rings is 1. The lowest BCUT2D eigenvalue weighted by atomic mass is 9.92. The zero-order valence-corrected chi connectivity index (χ0v) is 20.6. The van der Waals surface area contributed by atoms with Crippen LogP contribution in [0.25, 0.3) is 0 Å². The van der Waals surface area contributed by atoms with Gasteiger partial charge in [-0.15, -0.1) is 0 Å². The Bertz CT molecular complexity index is 926. The van der Waals surface area contributed by atoms with E-state index in [0.717, 1.165) is 56.4 Å². The summed E-state index contributed by atoms with van der Waals surface area (Å²) in [6.07, 6.45) is 5.50. The summed E-state index contributed by atoms with van der Waals surface area (Å²) in [5, 5.41) is 0. The maximum absolute atomic E-state index is 13.0. The highest BCUT2D eigenvalue weighted by Crippen LogP contribution is 2.25. The maximum atomic E-state index is 13.0. The van der Waals surface area contributed by atoms with E-state index in [-0.39, 0.29) is 17.9 Å². The number of aliphatic imine (C=N–C) groups is 1. The van der Waals surface area contributed by atoms with Crippen molar-refractivity contribution >= 4 is 17.8 Å². The van der Waals surface area contributed by atoms with E-state index in [0.29, 0.717) is 44.6 Å². The van der Waals surface area contributed by atoms with Crippen LogP contribution in [0, 0.1) is 12.8 Å². The van der Waals surface area contributed by atoms with Gasteiger partial charge in [0.15, 0.2) is 5.96 Å². The highest BCUT2D eigenvalue weighted by Gasteiger charge is 2.33. The van der Waals surface area contributed by atoms with Crippen LogP contribution in [0.4, 0.5) is 8.78 Å². The molecule has 10 heteroatoms. The number of alkyl halides is 2. The Hall–Kier alpha value is -2.75. The van der Waals surface area contributed by atoms with Crippen molar-refractivity contribution in [3.05, 3.63) is 29.3 Å². The summed E-state index contributed by atoms with van der Waals surface area (Å²) >= 11 is 0. The van der Waals surface area contributed by atoms with E-state index in [1.54, 1.807) is 4.90 Å². The fourth-order valence-corrected chi connectivity index (χ4v) is 4.75. The SMILES string of the molecule is Cc1cc(OCCCC2CCN(C(N)=NC(=O)C(C)(F)F)CC2)ccc1C(=O)N1CCC[C@H]1CN. The van der Waals surface area contributed by atoms with Gasteiger partial charge in [-0.05, 0) is 75.1 Å². The minimum atomic E-state index is -3.52. The van der Waals surface area contributed by atoms with Crippen molar-refractivity contribution in [3.8, 4) is 5.75 Å². The zero-order chi connectivity index (χ0) is 25.6. The predicted molar refractivity (Wildman–Crippen MR) is 131 cm³/mol. The maximum Gasteiger partial charge on any atom is 0.324 e. The number of benzene rings is 1. The van der Waals surface area contributed by atoms with Gasteiger partial charge >= 0.3 is 11.8 Å². The number of nitrogens with two attached hydrogens (primary N) is 2. The molecule has 0 unspecified atom stereocenters. The fourth-order valence-electron chi connectivity index (χ4n) is 4.75. The summed E-state index contributed by atoms with van der Waals surface area (Å²) in [4.78, 5) is 31.2. The van der Waals surface area contributed by atoms with E-state index >= 15 is 0 Å². The van der Waals surface area contributed by atoms with E-state index in [4.69, 9.17) is 16.2 Å².